The summed E-state index contributed by atoms with van der Waals surface area (Å²) < 4.78 is 2.17. The number of hydrogen-bond donors (Lipinski definition) is 1. The normalized spacial score (nSPS) is 27.6. The Morgan fingerprint density at radius 1 is 1.25 bits per heavy atom. The minimum atomic E-state index is 0.0517. The van der Waals surface area contributed by atoms with E-state index in [1.165, 1.54) is 18.5 Å². The van der Waals surface area contributed by atoms with Crippen LogP contribution in [-0.4, -0.2) is 34.5 Å². The van der Waals surface area contributed by atoms with Crippen LogP contribution in [0.3, 0.4) is 0 Å². The molecule has 1 amide bonds. The first-order valence-corrected chi connectivity index (χ1v) is 7.92. The van der Waals surface area contributed by atoms with Crippen molar-refractivity contribution in [2.45, 2.75) is 50.6 Å². The van der Waals surface area contributed by atoms with E-state index >= 15 is 0 Å². The zero-order valence-corrected chi connectivity index (χ0v) is 12.3. The topological polar surface area (TPSA) is 37.3 Å². The molecule has 2 fully saturated rings. The molecule has 0 aromatic carbocycles. The van der Waals surface area contributed by atoms with Gasteiger partial charge in [0, 0.05) is 25.5 Å². The molecule has 1 N–H and O–H groups in total. The maximum absolute atomic E-state index is 12.8. The molecular weight excluding hydrogens is 250 g/mol. The quantitative estimate of drug-likeness (QED) is 0.898. The predicted molar refractivity (Wildman–Crippen MR) is 79.4 cm³/mol. The maximum Gasteiger partial charge on any atom is 0.240 e. The molecule has 3 heterocycles. The lowest BCUT2D eigenvalue weighted by Gasteiger charge is -2.32. The van der Waals surface area contributed by atoms with Crippen LogP contribution >= 0.6 is 0 Å². The van der Waals surface area contributed by atoms with Crippen LogP contribution < -0.4 is 5.32 Å². The second-order valence-corrected chi connectivity index (χ2v) is 6.09. The highest BCUT2D eigenvalue weighted by Crippen LogP contribution is 2.31. The first-order chi connectivity index (χ1) is 9.77. The van der Waals surface area contributed by atoms with Crippen LogP contribution in [0.5, 0.6) is 0 Å². The molecule has 3 rings (SSSR count). The van der Waals surface area contributed by atoms with Gasteiger partial charge in [-0.15, -0.1) is 0 Å². The molecule has 2 saturated heterocycles. The summed E-state index contributed by atoms with van der Waals surface area (Å²) >= 11 is 0. The largest absolute Gasteiger partial charge is 0.353 e. The minimum Gasteiger partial charge on any atom is -0.353 e. The van der Waals surface area contributed by atoms with Crippen molar-refractivity contribution in [1.82, 2.24) is 14.8 Å². The Kier molecular flexibility index (Phi) is 4.10. The fourth-order valence-corrected chi connectivity index (χ4v) is 3.60. The molecule has 2 aliphatic heterocycles. The molecule has 0 radical (unpaired) electrons. The first kappa shape index (κ1) is 13.7. The summed E-state index contributed by atoms with van der Waals surface area (Å²) in [4.78, 5) is 15.0. The van der Waals surface area contributed by atoms with E-state index in [1.807, 2.05) is 0 Å². The summed E-state index contributed by atoms with van der Waals surface area (Å²) in [5.41, 5.74) is 1.28. The second-order valence-electron chi connectivity index (χ2n) is 6.09. The number of likely N-dealkylation sites (tertiary alicyclic amines) is 1. The van der Waals surface area contributed by atoms with Gasteiger partial charge in [0.2, 0.25) is 5.91 Å². The van der Waals surface area contributed by atoms with Crippen LogP contribution in [-0.2, 0) is 11.8 Å². The molecule has 0 bridgehead atoms. The van der Waals surface area contributed by atoms with E-state index in [2.05, 4.69) is 40.2 Å². The number of nitrogens with zero attached hydrogens (tertiary/aromatic N) is 2. The second kappa shape index (κ2) is 6.00. The maximum atomic E-state index is 12.8. The van der Waals surface area contributed by atoms with Gasteiger partial charge in [-0.2, -0.15) is 0 Å². The van der Waals surface area contributed by atoms with Gasteiger partial charge in [0.25, 0.3) is 0 Å². The summed E-state index contributed by atoms with van der Waals surface area (Å²) in [5.74, 6) is 0.315. The fraction of sp³-hybridized carbons (Fsp3) is 0.688. The number of rotatable bonds is 2. The Hall–Kier alpha value is -1.29. The van der Waals surface area contributed by atoms with Crippen molar-refractivity contribution in [3.63, 3.8) is 0 Å². The van der Waals surface area contributed by atoms with Gasteiger partial charge in [-0.1, -0.05) is 12.8 Å². The molecule has 20 heavy (non-hydrogen) atoms. The van der Waals surface area contributed by atoms with Gasteiger partial charge in [0.05, 0.1) is 12.1 Å². The van der Waals surface area contributed by atoms with Crippen LogP contribution in [0.2, 0.25) is 0 Å². The third-order valence-corrected chi connectivity index (χ3v) is 4.72. The average Bonchev–Trinajstić information content (AvgIpc) is 3.05. The minimum absolute atomic E-state index is 0.0517. The summed E-state index contributed by atoms with van der Waals surface area (Å²) in [7, 11) is 2.08. The van der Waals surface area contributed by atoms with E-state index in [4.69, 9.17) is 0 Å². The van der Waals surface area contributed by atoms with Gasteiger partial charge in [0.15, 0.2) is 0 Å². The van der Waals surface area contributed by atoms with E-state index in [-0.39, 0.29) is 12.1 Å². The van der Waals surface area contributed by atoms with E-state index < -0.39 is 0 Å². The summed E-state index contributed by atoms with van der Waals surface area (Å²) in [5, 5.41) is 3.36. The smallest absolute Gasteiger partial charge is 0.240 e. The lowest BCUT2D eigenvalue weighted by atomic mass is 10.1. The highest BCUT2D eigenvalue weighted by Gasteiger charge is 2.33. The Labute approximate surface area is 121 Å². The SMILES string of the molecule is Cn1cccc1C1CCCCCN1C(=O)[C@@H]1CCCN1. The molecule has 4 nitrogen and oxygen atoms in total. The van der Waals surface area contributed by atoms with E-state index in [9.17, 15) is 4.79 Å². The zero-order chi connectivity index (χ0) is 13.9. The Balaban J connectivity index is 1.84. The molecule has 4 heteroatoms. The number of hydrogen-bond acceptors (Lipinski definition) is 2. The van der Waals surface area contributed by atoms with Gasteiger partial charge in [0.1, 0.15) is 0 Å². The fourth-order valence-electron chi connectivity index (χ4n) is 3.60. The monoisotopic (exact) mass is 275 g/mol. The van der Waals surface area contributed by atoms with Crippen LogP contribution in [0.25, 0.3) is 0 Å². The van der Waals surface area contributed by atoms with Crippen LogP contribution in [0, 0.1) is 0 Å². The van der Waals surface area contributed by atoms with Gasteiger partial charge in [-0.3, -0.25) is 4.79 Å². The van der Waals surface area contributed by atoms with Crippen molar-refractivity contribution in [1.29, 1.82) is 0 Å². The molecule has 1 aromatic rings. The van der Waals surface area contributed by atoms with Crippen molar-refractivity contribution >= 4 is 5.91 Å². The van der Waals surface area contributed by atoms with Crippen LogP contribution in [0.15, 0.2) is 18.3 Å². The number of aryl methyl sites for hydroxylation is 1. The molecule has 0 saturated carbocycles. The molecular formula is C16H25N3O. The summed E-state index contributed by atoms with van der Waals surface area (Å²) in [6.45, 7) is 1.89. The molecule has 1 unspecified atom stereocenters. The van der Waals surface area contributed by atoms with Crippen molar-refractivity contribution < 1.29 is 4.79 Å². The number of carbonyl (C=O) groups is 1. The number of amides is 1. The third kappa shape index (κ3) is 2.62. The lowest BCUT2D eigenvalue weighted by molar-refractivity contribution is -0.135. The van der Waals surface area contributed by atoms with Gasteiger partial charge >= 0.3 is 0 Å². The standard InChI is InChI=1S/C16H25N3O/c1-18-11-6-9-14(18)15-8-3-2-4-12-19(15)16(20)13-7-5-10-17-13/h6,9,11,13,15,17H,2-5,7-8,10,12H2,1H3/t13-,15?/m0/s1. The summed E-state index contributed by atoms with van der Waals surface area (Å²) in [6.07, 6.45) is 8.89. The highest BCUT2D eigenvalue weighted by molar-refractivity contribution is 5.82. The Bertz CT molecular complexity index is 462. The van der Waals surface area contributed by atoms with Crippen molar-refractivity contribution in [3.8, 4) is 0 Å². The number of nitrogens with one attached hydrogen (secondary N) is 1. The number of carbonyl (C=O) groups excluding carboxylic acids is 1. The van der Waals surface area contributed by atoms with Crippen molar-refractivity contribution in [2.75, 3.05) is 13.1 Å². The molecule has 110 valence electrons. The van der Waals surface area contributed by atoms with Crippen molar-refractivity contribution in [3.05, 3.63) is 24.0 Å². The molecule has 0 spiro atoms. The predicted octanol–water partition coefficient (Wildman–Crippen LogP) is 2.22. The van der Waals surface area contributed by atoms with Crippen molar-refractivity contribution in [2.24, 2.45) is 7.05 Å². The van der Waals surface area contributed by atoms with Crippen LogP contribution in [0.4, 0.5) is 0 Å². The van der Waals surface area contributed by atoms with E-state index in [0.717, 1.165) is 38.8 Å². The summed E-state index contributed by atoms with van der Waals surface area (Å²) in [6, 6.07) is 4.55. The van der Waals surface area contributed by atoms with E-state index in [0.29, 0.717) is 5.91 Å². The van der Waals surface area contributed by atoms with Gasteiger partial charge < -0.3 is 14.8 Å². The molecule has 2 atom stereocenters. The molecule has 2 aliphatic rings. The number of aromatic nitrogens is 1. The Morgan fingerprint density at radius 2 is 2.15 bits per heavy atom. The lowest BCUT2D eigenvalue weighted by Crippen LogP contribution is -2.45. The van der Waals surface area contributed by atoms with Crippen LogP contribution in [0.1, 0.15) is 50.3 Å². The Morgan fingerprint density at radius 3 is 2.85 bits per heavy atom. The molecule has 1 aromatic heterocycles. The van der Waals surface area contributed by atoms with Gasteiger partial charge in [-0.05, 0) is 44.4 Å². The highest BCUT2D eigenvalue weighted by atomic mass is 16.2. The van der Waals surface area contributed by atoms with E-state index in [1.54, 1.807) is 0 Å². The van der Waals surface area contributed by atoms with Gasteiger partial charge in [-0.25, -0.2) is 0 Å². The zero-order valence-electron chi connectivity index (χ0n) is 12.3. The molecule has 0 aliphatic carbocycles. The average molecular weight is 275 g/mol. The first-order valence-electron chi connectivity index (χ1n) is 7.92. The third-order valence-electron chi connectivity index (χ3n) is 4.72.